The molecule has 8 heteroatoms. The molecule has 8 nitrogen and oxygen atoms in total. The van der Waals surface area contributed by atoms with Crippen LogP contribution in [-0.2, 0) is 14.3 Å². The van der Waals surface area contributed by atoms with Gasteiger partial charge in [0.15, 0.2) is 0 Å². The van der Waals surface area contributed by atoms with E-state index < -0.39 is 28.8 Å². The third-order valence-electron chi connectivity index (χ3n) is 1.76. The van der Waals surface area contributed by atoms with Crippen molar-refractivity contribution in [3.8, 4) is 5.75 Å². The van der Waals surface area contributed by atoms with Gasteiger partial charge in [-0.3, -0.25) is 9.78 Å². The van der Waals surface area contributed by atoms with E-state index >= 15 is 0 Å². The molecule has 0 atom stereocenters. The fraction of sp³-hybridized carbons (Fsp3) is 0.333. The summed E-state index contributed by atoms with van der Waals surface area (Å²) in [5.41, 5.74) is -2.26. The van der Waals surface area contributed by atoms with Gasteiger partial charge in [0.25, 0.3) is 5.56 Å². The molecular weight excluding hydrogens is 268 g/mol. The molecule has 0 radical (unpaired) electrons. The van der Waals surface area contributed by atoms with E-state index in [1.165, 1.54) is 0 Å². The fourth-order valence-corrected chi connectivity index (χ4v) is 1.09. The molecule has 0 unspecified atom stereocenters. The van der Waals surface area contributed by atoms with Gasteiger partial charge in [0.05, 0.1) is 6.20 Å². The highest BCUT2D eigenvalue weighted by Gasteiger charge is 2.14. The Kier molecular flexibility index (Phi) is 4.63. The lowest BCUT2D eigenvalue weighted by Gasteiger charge is -2.17. The smallest absolute Gasteiger partial charge is 0.336 e. The van der Waals surface area contributed by atoms with Crippen LogP contribution in [0.5, 0.6) is 5.75 Å². The van der Waals surface area contributed by atoms with Gasteiger partial charge in [-0.1, -0.05) is 0 Å². The zero-order valence-electron chi connectivity index (χ0n) is 11.2. The molecule has 0 fully saturated rings. The Hall–Kier alpha value is -2.64. The van der Waals surface area contributed by atoms with Crippen molar-refractivity contribution in [3.05, 3.63) is 39.2 Å². The number of H-pyrrole nitrogens is 2. The molecule has 1 rings (SSSR count). The maximum Gasteiger partial charge on any atom is 0.336 e. The molecule has 108 valence electrons. The van der Waals surface area contributed by atoms with Crippen LogP contribution >= 0.6 is 0 Å². The minimum atomic E-state index is -0.951. The predicted molar refractivity (Wildman–Crippen MR) is 68.3 cm³/mol. The molecule has 0 saturated carbocycles. The summed E-state index contributed by atoms with van der Waals surface area (Å²) in [6.45, 7) is 5.03. The number of esters is 2. The SMILES string of the molecule is CC(C)(C)OC(=O)/C=C/C(=O)Oc1c[nH]c(=O)[nH]c1=O. The van der Waals surface area contributed by atoms with Gasteiger partial charge in [-0.2, -0.15) is 0 Å². The van der Waals surface area contributed by atoms with Gasteiger partial charge < -0.3 is 14.5 Å². The zero-order valence-corrected chi connectivity index (χ0v) is 11.2. The van der Waals surface area contributed by atoms with Crippen molar-refractivity contribution in [2.24, 2.45) is 0 Å². The number of carbonyl (C=O) groups excluding carboxylic acids is 2. The van der Waals surface area contributed by atoms with Crippen LogP contribution in [0.1, 0.15) is 20.8 Å². The Morgan fingerprint density at radius 2 is 1.75 bits per heavy atom. The van der Waals surface area contributed by atoms with E-state index in [4.69, 9.17) is 4.74 Å². The topological polar surface area (TPSA) is 118 Å². The van der Waals surface area contributed by atoms with Crippen molar-refractivity contribution in [2.45, 2.75) is 26.4 Å². The molecule has 0 bridgehead atoms. The summed E-state index contributed by atoms with van der Waals surface area (Å²) in [7, 11) is 0. The second-order valence-corrected chi connectivity index (χ2v) is 4.72. The highest BCUT2D eigenvalue weighted by molar-refractivity contribution is 5.92. The largest absolute Gasteiger partial charge is 0.457 e. The summed E-state index contributed by atoms with van der Waals surface area (Å²) in [6.07, 6.45) is 2.65. The average molecular weight is 282 g/mol. The first-order valence-corrected chi connectivity index (χ1v) is 5.62. The molecule has 0 aliphatic heterocycles. The van der Waals surface area contributed by atoms with Crippen molar-refractivity contribution < 1.29 is 19.1 Å². The highest BCUT2D eigenvalue weighted by atomic mass is 16.6. The van der Waals surface area contributed by atoms with Crippen LogP contribution in [0, 0.1) is 0 Å². The van der Waals surface area contributed by atoms with Crippen molar-refractivity contribution in [3.63, 3.8) is 0 Å². The Balaban J connectivity index is 2.66. The summed E-state index contributed by atoms with van der Waals surface area (Å²) in [5, 5.41) is 0. The lowest BCUT2D eigenvalue weighted by Crippen LogP contribution is -2.24. The molecule has 2 N–H and O–H groups in total. The van der Waals surface area contributed by atoms with Gasteiger partial charge in [-0.15, -0.1) is 0 Å². The molecule has 0 aliphatic rings. The second kappa shape index (κ2) is 6.00. The number of ether oxygens (including phenoxy) is 2. The van der Waals surface area contributed by atoms with Crippen LogP contribution in [0.2, 0.25) is 0 Å². The second-order valence-electron chi connectivity index (χ2n) is 4.72. The zero-order chi connectivity index (χ0) is 15.3. The lowest BCUT2D eigenvalue weighted by atomic mass is 10.2. The highest BCUT2D eigenvalue weighted by Crippen LogP contribution is 2.07. The maximum atomic E-state index is 11.4. The Morgan fingerprint density at radius 1 is 1.15 bits per heavy atom. The number of hydrogen-bond donors (Lipinski definition) is 2. The quantitative estimate of drug-likeness (QED) is 0.588. The molecular formula is C12H14N2O6. The van der Waals surface area contributed by atoms with Gasteiger partial charge in [-0.25, -0.2) is 14.4 Å². The molecule has 0 spiro atoms. The Morgan fingerprint density at radius 3 is 2.30 bits per heavy atom. The van der Waals surface area contributed by atoms with E-state index in [1.54, 1.807) is 20.8 Å². The predicted octanol–water partition coefficient (Wildman–Crippen LogP) is -0.134. The monoisotopic (exact) mass is 282 g/mol. The molecule has 0 aliphatic carbocycles. The number of rotatable bonds is 3. The summed E-state index contributed by atoms with van der Waals surface area (Å²) in [4.78, 5) is 48.7. The van der Waals surface area contributed by atoms with Crippen LogP contribution < -0.4 is 16.0 Å². The third-order valence-corrected chi connectivity index (χ3v) is 1.76. The van der Waals surface area contributed by atoms with E-state index in [-0.39, 0.29) is 5.75 Å². The number of carbonyl (C=O) groups is 2. The first kappa shape index (κ1) is 15.4. The van der Waals surface area contributed by atoms with Crippen LogP contribution in [0.3, 0.4) is 0 Å². The number of nitrogens with one attached hydrogen (secondary N) is 2. The summed E-state index contributed by atoms with van der Waals surface area (Å²) >= 11 is 0. The molecule has 0 aromatic carbocycles. The van der Waals surface area contributed by atoms with Crippen molar-refractivity contribution in [1.82, 2.24) is 9.97 Å². The summed E-state index contributed by atoms with van der Waals surface area (Å²) in [6, 6.07) is 0. The van der Waals surface area contributed by atoms with Gasteiger partial charge in [-0.05, 0) is 20.8 Å². The molecule has 0 saturated heterocycles. The van der Waals surface area contributed by atoms with Crippen molar-refractivity contribution in [1.29, 1.82) is 0 Å². The lowest BCUT2D eigenvalue weighted by molar-refractivity contribution is -0.148. The first-order valence-electron chi connectivity index (χ1n) is 5.62. The van der Waals surface area contributed by atoms with E-state index in [0.29, 0.717) is 0 Å². The van der Waals surface area contributed by atoms with Gasteiger partial charge >= 0.3 is 17.6 Å². The van der Waals surface area contributed by atoms with Crippen molar-refractivity contribution in [2.75, 3.05) is 0 Å². The Labute approximate surface area is 113 Å². The van der Waals surface area contributed by atoms with Crippen LogP contribution in [0.25, 0.3) is 0 Å². The number of aromatic nitrogens is 2. The first-order chi connectivity index (χ1) is 9.17. The maximum absolute atomic E-state index is 11.4. The number of aromatic amines is 2. The van der Waals surface area contributed by atoms with Gasteiger partial charge in [0, 0.05) is 12.2 Å². The van der Waals surface area contributed by atoms with E-state index in [2.05, 4.69) is 9.72 Å². The molecule has 1 heterocycles. The fourth-order valence-electron chi connectivity index (χ4n) is 1.09. The third kappa shape index (κ3) is 5.34. The normalized spacial score (nSPS) is 11.3. The summed E-state index contributed by atoms with van der Waals surface area (Å²) < 4.78 is 9.56. The summed E-state index contributed by atoms with van der Waals surface area (Å²) in [5.74, 6) is -2.05. The van der Waals surface area contributed by atoms with E-state index in [9.17, 15) is 19.2 Å². The number of hydrogen-bond acceptors (Lipinski definition) is 6. The molecule has 1 aromatic heterocycles. The van der Waals surface area contributed by atoms with E-state index in [1.807, 2.05) is 4.98 Å². The van der Waals surface area contributed by atoms with Gasteiger partial charge in [0.2, 0.25) is 5.75 Å². The Bertz CT molecular complexity index is 647. The van der Waals surface area contributed by atoms with Gasteiger partial charge in [0.1, 0.15) is 5.60 Å². The van der Waals surface area contributed by atoms with Crippen molar-refractivity contribution >= 4 is 11.9 Å². The molecule has 1 aromatic rings. The molecule has 0 amide bonds. The standard InChI is InChI=1S/C12H14N2O6/c1-12(2,3)20-9(16)5-4-8(15)19-7-6-13-11(18)14-10(7)17/h4-6H,1-3H3,(H2,13,14,17,18)/b5-4+. The van der Waals surface area contributed by atoms with Crippen LogP contribution in [-0.4, -0.2) is 27.5 Å². The average Bonchev–Trinajstić information content (AvgIpc) is 2.28. The minimum Gasteiger partial charge on any atom is -0.457 e. The van der Waals surface area contributed by atoms with Crippen LogP contribution in [0.15, 0.2) is 27.9 Å². The van der Waals surface area contributed by atoms with E-state index in [0.717, 1.165) is 18.3 Å². The molecule has 20 heavy (non-hydrogen) atoms. The van der Waals surface area contributed by atoms with Crippen LogP contribution in [0.4, 0.5) is 0 Å². The minimum absolute atomic E-state index is 0.386.